The molecule has 4 heterocycles. The van der Waals surface area contributed by atoms with E-state index in [0.29, 0.717) is 6.04 Å². The van der Waals surface area contributed by atoms with Gasteiger partial charge in [0.1, 0.15) is 11.6 Å². The van der Waals surface area contributed by atoms with Crippen molar-refractivity contribution in [2.45, 2.75) is 52.0 Å². The number of nitrogens with zero attached hydrogens (tertiary/aromatic N) is 5. The molecule has 6 heteroatoms. The second-order valence-corrected chi connectivity index (χ2v) is 7.00. The van der Waals surface area contributed by atoms with E-state index in [9.17, 15) is 0 Å². The third kappa shape index (κ3) is 3.32. The van der Waals surface area contributed by atoms with Crippen LogP contribution in [0.5, 0.6) is 0 Å². The number of hydrogen-bond acceptors (Lipinski definition) is 5. The van der Waals surface area contributed by atoms with Gasteiger partial charge in [0.2, 0.25) is 0 Å². The van der Waals surface area contributed by atoms with Crippen LogP contribution in [0.15, 0.2) is 6.07 Å². The molecule has 0 amide bonds. The lowest BCUT2D eigenvalue weighted by molar-refractivity contribution is 0.404. The maximum atomic E-state index is 4.93. The molecule has 138 valence electrons. The van der Waals surface area contributed by atoms with E-state index in [4.69, 9.17) is 10.1 Å². The molecule has 0 radical (unpaired) electrons. The van der Waals surface area contributed by atoms with E-state index in [-0.39, 0.29) is 0 Å². The molecule has 2 aromatic rings. The van der Waals surface area contributed by atoms with Crippen molar-refractivity contribution in [2.24, 2.45) is 0 Å². The monoisotopic (exact) mass is 344 g/mol. The smallest absolute Gasteiger partial charge is 0.160 e. The number of fused-ring (bicyclic) bond motifs is 2. The first-order valence-corrected chi connectivity index (χ1v) is 9.69. The molecule has 6 nitrogen and oxygen atoms in total. The summed E-state index contributed by atoms with van der Waals surface area (Å²) in [5.74, 6) is 2.30. The Kier molecular flexibility index (Phi) is 5.47. The second kappa shape index (κ2) is 7.60. The highest BCUT2D eigenvalue weighted by molar-refractivity contribution is 5.67. The molecule has 0 aromatic carbocycles. The number of rotatable bonds is 2. The molecule has 1 saturated heterocycles. The van der Waals surface area contributed by atoms with Gasteiger partial charge >= 0.3 is 0 Å². The first-order chi connectivity index (χ1) is 12.1. The number of hydrogen-bond donors (Lipinski definition) is 1. The summed E-state index contributed by atoms with van der Waals surface area (Å²) >= 11 is 0. The maximum Gasteiger partial charge on any atom is 0.160 e. The molecule has 25 heavy (non-hydrogen) atoms. The SMILES string of the molecule is CC.CN(C)c1c2c(nc3cc(C4CCCCN4)nn13)N(C)CCC2. The van der Waals surface area contributed by atoms with Crippen molar-refractivity contribution < 1.29 is 0 Å². The Balaban J connectivity index is 0.000000880. The maximum absolute atomic E-state index is 4.93. The summed E-state index contributed by atoms with van der Waals surface area (Å²) in [5, 5.41) is 8.52. The summed E-state index contributed by atoms with van der Waals surface area (Å²) in [4.78, 5) is 9.38. The Morgan fingerprint density at radius 1 is 1.20 bits per heavy atom. The summed E-state index contributed by atoms with van der Waals surface area (Å²) < 4.78 is 2.05. The highest BCUT2D eigenvalue weighted by Crippen LogP contribution is 2.33. The van der Waals surface area contributed by atoms with Gasteiger partial charge in [-0.1, -0.05) is 20.3 Å². The molecule has 0 saturated carbocycles. The minimum Gasteiger partial charge on any atom is -0.362 e. The summed E-state index contributed by atoms with van der Waals surface area (Å²) in [5.41, 5.74) is 3.41. The Bertz CT molecular complexity index is 714. The standard InChI is InChI=1S/C17H26N6.C2H6/c1-21(2)17-12-7-6-10-22(3)16(12)19-15-11-14(20-23(15)17)13-8-4-5-9-18-13;1-2/h11,13,18H,4-10H2,1-3H3;1-2H3. The molecular weight excluding hydrogens is 312 g/mol. The van der Waals surface area contributed by atoms with Gasteiger partial charge in [0.05, 0.1) is 11.7 Å². The average molecular weight is 345 g/mol. The Morgan fingerprint density at radius 2 is 2.00 bits per heavy atom. The largest absolute Gasteiger partial charge is 0.362 e. The van der Waals surface area contributed by atoms with Gasteiger partial charge in [-0.25, -0.2) is 4.98 Å². The van der Waals surface area contributed by atoms with Crippen molar-refractivity contribution in [1.29, 1.82) is 0 Å². The first-order valence-electron chi connectivity index (χ1n) is 9.69. The topological polar surface area (TPSA) is 48.7 Å². The van der Waals surface area contributed by atoms with Crippen LogP contribution in [0.25, 0.3) is 5.65 Å². The molecule has 0 aliphatic carbocycles. The fourth-order valence-electron chi connectivity index (χ4n) is 3.90. The van der Waals surface area contributed by atoms with E-state index in [2.05, 4.69) is 42.3 Å². The van der Waals surface area contributed by atoms with Crippen molar-refractivity contribution in [3.63, 3.8) is 0 Å². The van der Waals surface area contributed by atoms with Crippen molar-refractivity contribution in [1.82, 2.24) is 19.9 Å². The molecule has 0 bridgehead atoms. The zero-order valence-electron chi connectivity index (χ0n) is 16.3. The van der Waals surface area contributed by atoms with E-state index in [0.717, 1.165) is 36.7 Å². The molecule has 1 N–H and O–H groups in total. The molecule has 0 spiro atoms. The molecule has 1 atom stereocenters. The summed E-state index contributed by atoms with van der Waals surface area (Å²) in [6, 6.07) is 2.54. The van der Waals surface area contributed by atoms with Crippen LogP contribution in [-0.4, -0.2) is 48.8 Å². The van der Waals surface area contributed by atoms with Crippen LogP contribution in [0.4, 0.5) is 11.6 Å². The van der Waals surface area contributed by atoms with Crippen LogP contribution >= 0.6 is 0 Å². The van der Waals surface area contributed by atoms with Gasteiger partial charge in [-0.3, -0.25) is 0 Å². The van der Waals surface area contributed by atoms with Crippen molar-refractivity contribution >= 4 is 17.3 Å². The van der Waals surface area contributed by atoms with Crippen LogP contribution in [-0.2, 0) is 6.42 Å². The molecule has 2 aliphatic heterocycles. The van der Waals surface area contributed by atoms with E-state index in [1.807, 2.05) is 18.4 Å². The van der Waals surface area contributed by atoms with Gasteiger partial charge in [-0.2, -0.15) is 9.61 Å². The van der Waals surface area contributed by atoms with E-state index in [1.165, 1.54) is 37.1 Å². The van der Waals surface area contributed by atoms with Gasteiger partial charge in [-0.15, -0.1) is 0 Å². The Labute approximate surface area is 151 Å². The average Bonchev–Trinajstić information content (AvgIpc) is 3.06. The van der Waals surface area contributed by atoms with Crippen LogP contribution in [0, 0.1) is 0 Å². The van der Waals surface area contributed by atoms with Crippen LogP contribution < -0.4 is 15.1 Å². The minimum atomic E-state index is 0.371. The molecule has 2 aromatic heterocycles. The number of aromatic nitrogens is 3. The normalized spacial score (nSPS) is 20.0. The highest BCUT2D eigenvalue weighted by Gasteiger charge is 2.25. The zero-order chi connectivity index (χ0) is 18.0. The summed E-state index contributed by atoms with van der Waals surface area (Å²) in [6.45, 7) is 6.17. The minimum absolute atomic E-state index is 0.371. The number of piperidine rings is 1. The predicted octanol–water partition coefficient (Wildman–Crippen LogP) is 3.02. The van der Waals surface area contributed by atoms with Crippen molar-refractivity contribution in [2.75, 3.05) is 44.0 Å². The van der Waals surface area contributed by atoms with Crippen LogP contribution in [0.3, 0.4) is 0 Å². The molecular formula is C19H32N6. The van der Waals surface area contributed by atoms with Crippen molar-refractivity contribution in [3.8, 4) is 0 Å². The van der Waals surface area contributed by atoms with Crippen molar-refractivity contribution in [3.05, 3.63) is 17.3 Å². The summed E-state index contributed by atoms with van der Waals surface area (Å²) in [6.07, 6.45) is 5.96. The van der Waals surface area contributed by atoms with Gasteiger partial charge in [0, 0.05) is 39.3 Å². The quantitative estimate of drug-likeness (QED) is 0.907. The van der Waals surface area contributed by atoms with Crippen LogP contribution in [0.1, 0.15) is 56.8 Å². The highest BCUT2D eigenvalue weighted by atomic mass is 15.4. The predicted molar refractivity (Wildman–Crippen MR) is 105 cm³/mol. The first kappa shape index (κ1) is 18.0. The van der Waals surface area contributed by atoms with Gasteiger partial charge in [-0.05, 0) is 32.2 Å². The second-order valence-electron chi connectivity index (χ2n) is 7.00. The van der Waals surface area contributed by atoms with E-state index in [1.54, 1.807) is 0 Å². The molecule has 1 unspecified atom stereocenters. The molecule has 4 rings (SSSR count). The lowest BCUT2D eigenvalue weighted by atomic mass is 10.0. The number of nitrogens with one attached hydrogen (secondary N) is 1. The third-order valence-corrected chi connectivity index (χ3v) is 5.04. The Morgan fingerprint density at radius 3 is 2.68 bits per heavy atom. The zero-order valence-corrected chi connectivity index (χ0v) is 16.3. The third-order valence-electron chi connectivity index (χ3n) is 5.04. The fourth-order valence-corrected chi connectivity index (χ4v) is 3.90. The van der Waals surface area contributed by atoms with Gasteiger partial charge in [0.15, 0.2) is 5.65 Å². The lowest BCUT2D eigenvalue weighted by Crippen LogP contribution is -2.29. The molecule has 2 aliphatic rings. The van der Waals surface area contributed by atoms with E-state index >= 15 is 0 Å². The van der Waals surface area contributed by atoms with E-state index < -0.39 is 0 Å². The molecule has 1 fully saturated rings. The van der Waals surface area contributed by atoms with Gasteiger partial charge < -0.3 is 15.1 Å². The van der Waals surface area contributed by atoms with Gasteiger partial charge in [0.25, 0.3) is 0 Å². The van der Waals surface area contributed by atoms with Crippen LogP contribution in [0.2, 0.25) is 0 Å². The fraction of sp³-hybridized carbons (Fsp3) is 0.684. The Hall–Kier alpha value is -1.82. The number of anilines is 2. The summed E-state index contributed by atoms with van der Waals surface area (Å²) in [7, 11) is 6.34. The lowest BCUT2D eigenvalue weighted by Gasteiger charge is -2.30.